The first-order valence-corrected chi connectivity index (χ1v) is 15.7. The molecule has 3 heterocycles. The highest BCUT2D eigenvalue weighted by Crippen LogP contribution is 2.47. The topological polar surface area (TPSA) is 30.7 Å². The highest BCUT2D eigenvalue weighted by atomic mass is 32.1. The fourth-order valence-corrected chi connectivity index (χ4v) is 8.37. The molecule has 0 radical (unpaired) electrons. The molecule has 204 valence electrons. The van der Waals surface area contributed by atoms with Crippen molar-refractivity contribution in [1.29, 1.82) is 0 Å². The highest BCUT2D eigenvalue weighted by molar-refractivity contribution is 7.27. The van der Waals surface area contributed by atoms with Crippen molar-refractivity contribution < 1.29 is 0 Å². The second-order valence-electron chi connectivity index (χ2n) is 11.3. The molecule has 3 aromatic heterocycles. The summed E-state index contributed by atoms with van der Waals surface area (Å²) in [5, 5.41) is 11.0. The van der Waals surface area contributed by atoms with Crippen LogP contribution in [0, 0.1) is 0 Å². The number of fused-ring (bicyclic) bond motifs is 12. The van der Waals surface area contributed by atoms with Crippen LogP contribution in [0.4, 0.5) is 0 Å². The van der Waals surface area contributed by atoms with Gasteiger partial charge in [0.2, 0.25) is 5.95 Å². The van der Waals surface area contributed by atoms with Crippen molar-refractivity contribution in [3.63, 3.8) is 0 Å². The van der Waals surface area contributed by atoms with Crippen molar-refractivity contribution >= 4 is 85.8 Å². The van der Waals surface area contributed by atoms with Crippen molar-refractivity contribution in [2.75, 3.05) is 0 Å². The van der Waals surface area contributed by atoms with Gasteiger partial charge < -0.3 is 0 Å². The zero-order valence-electron chi connectivity index (χ0n) is 23.5. The molecule has 0 spiro atoms. The second kappa shape index (κ2) is 8.96. The third kappa shape index (κ3) is 3.20. The van der Waals surface area contributed by atoms with Crippen LogP contribution in [0.2, 0.25) is 0 Å². The van der Waals surface area contributed by atoms with Gasteiger partial charge in [-0.05, 0) is 34.4 Å². The molecule has 0 bridgehead atoms. The van der Waals surface area contributed by atoms with Crippen LogP contribution in [-0.4, -0.2) is 14.5 Å². The smallest absolute Gasteiger partial charge is 0.235 e. The largest absolute Gasteiger partial charge is 0.277 e. The first-order chi connectivity index (χ1) is 21.8. The predicted octanol–water partition coefficient (Wildman–Crippen LogP) is 11.1. The first-order valence-electron chi connectivity index (χ1n) is 14.9. The van der Waals surface area contributed by atoms with E-state index in [9.17, 15) is 0 Å². The summed E-state index contributed by atoms with van der Waals surface area (Å²) in [6.07, 6.45) is 0. The molecular formula is C40H23N3S. The Bertz CT molecular complexity index is 2780. The number of rotatable bonds is 2. The van der Waals surface area contributed by atoms with E-state index in [2.05, 4.69) is 144 Å². The Hall–Kier alpha value is -5.58. The molecule has 0 amide bonds. The minimum Gasteiger partial charge on any atom is -0.277 e. The monoisotopic (exact) mass is 577 g/mol. The van der Waals surface area contributed by atoms with Crippen LogP contribution in [0.3, 0.4) is 0 Å². The molecule has 0 fully saturated rings. The Labute approximate surface area is 256 Å². The Morgan fingerprint density at radius 1 is 0.477 bits per heavy atom. The summed E-state index contributed by atoms with van der Waals surface area (Å²) in [6.45, 7) is 0. The number of para-hydroxylation sites is 2. The molecule has 0 aliphatic rings. The number of benzene rings is 7. The molecule has 3 nitrogen and oxygen atoms in total. The van der Waals surface area contributed by atoms with Gasteiger partial charge in [0.05, 0.1) is 22.2 Å². The third-order valence-electron chi connectivity index (χ3n) is 8.98. The molecular weight excluding hydrogens is 555 g/mol. The van der Waals surface area contributed by atoms with Gasteiger partial charge >= 0.3 is 0 Å². The van der Waals surface area contributed by atoms with Crippen LogP contribution in [0.5, 0.6) is 0 Å². The maximum Gasteiger partial charge on any atom is 0.235 e. The van der Waals surface area contributed by atoms with E-state index in [4.69, 9.17) is 9.97 Å². The molecule has 10 rings (SSSR count). The summed E-state index contributed by atoms with van der Waals surface area (Å²) in [6, 6.07) is 49.7. The summed E-state index contributed by atoms with van der Waals surface area (Å²) < 4.78 is 4.90. The van der Waals surface area contributed by atoms with Crippen molar-refractivity contribution in [1.82, 2.24) is 14.5 Å². The number of hydrogen-bond donors (Lipinski definition) is 0. The van der Waals surface area contributed by atoms with Gasteiger partial charge in [0.15, 0.2) is 0 Å². The fourth-order valence-electron chi connectivity index (χ4n) is 7.13. The van der Waals surface area contributed by atoms with Gasteiger partial charge in [0.1, 0.15) is 0 Å². The quantitative estimate of drug-likeness (QED) is 0.205. The van der Waals surface area contributed by atoms with Crippen LogP contribution in [0.25, 0.3) is 91.6 Å². The number of nitrogens with zero attached hydrogens (tertiary/aromatic N) is 3. The van der Waals surface area contributed by atoms with E-state index in [0.29, 0.717) is 5.95 Å². The van der Waals surface area contributed by atoms with E-state index in [-0.39, 0.29) is 0 Å². The molecule has 0 saturated carbocycles. The standard InChI is InChI=1S/C40H23N3S/c1-2-14-25-24(12-1)13-11-20-27(25)37-29-17-5-8-21-32(29)41-40(42-37)43-33-22-9-6-18-30(33)35-26-15-3-4-16-28(26)39-36(38(35)43)31-19-7-10-23-34(31)44-39/h1-23H. The lowest BCUT2D eigenvalue weighted by atomic mass is 9.99. The van der Waals surface area contributed by atoms with Crippen molar-refractivity contribution in [3.05, 3.63) is 140 Å². The number of thiophene rings is 1. The maximum absolute atomic E-state index is 5.47. The fraction of sp³-hybridized carbons (Fsp3) is 0. The van der Waals surface area contributed by atoms with Crippen LogP contribution in [0.1, 0.15) is 0 Å². The molecule has 0 aliphatic carbocycles. The van der Waals surface area contributed by atoms with E-state index in [0.717, 1.165) is 33.2 Å². The summed E-state index contributed by atoms with van der Waals surface area (Å²) >= 11 is 1.87. The molecule has 4 heteroatoms. The molecule has 7 aromatic carbocycles. The molecule has 0 N–H and O–H groups in total. The maximum atomic E-state index is 5.47. The summed E-state index contributed by atoms with van der Waals surface area (Å²) in [5.74, 6) is 0.685. The van der Waals surface area contributed by atoms with Gasteiger partial charge in [-0.25, -0.2) is 9.97 Å². The molecule has 44 heavy (non-hydrogen) atoms. The van der Waals surface area contributed by atoms with Crippen molar-refractivity contribution in [2.45, 2.75) is 0 Å². The number of hydrogen-bond acceptors (Lipinski definition) is 3. The van der Waals surface area contributed by atoms with Gasteiger partial charge in [0.25, 0.3) is 0 Å². The molecule has 0 unspecified atom stereocenters. The predicted molar refractivity (Wildman–Crippen MR) is 187 cm³/mol. The van der Waals surface area contributed by atoms with E-state index in [1.54, 1.807) is 0 Å². The minimum atomic E-state index is 0.685. The van der Waals surface area contributed by atoms with Crippen molar-refractivity contribution in [2.24, 2.45) is 0 Å². The van der Waals surface area contributed by atoms with Gasteiger partial charge in [-0.3, -0.25) is 4.57 Å². The van der Waals surface area contributed by atoms with Crippen LogP contribution < -0.4 is 0 Å². The zero-order valence-corrected chi connectivity index (χ0v) is 24.3. The molecule has 0 saturated heterocycles. The normalized spacial score (nSPS) is 12.1. The average molecular weight is 578 g/mol. The van der Waals surface area contributed by atoms with Crippen LogP contribution >= 0.6 is 11.3 Å². The van der Waals surface area contributed by atoms with Gasteiger partial charge in [-0.15, -0.1) is 11.3 Å². The van der Waals surface area contributed by atoms with Gasteiger partial charge in [-0.2, -0.15) is 0 Å². The van der Waals surface area contributed by atoms with Crippen LogP contribution in [-0.2, 0) is 0 Å². The SMILES string of the molecule is c1ccc2c(-c3nc(-n4c5ccccc5c5c6ccccc6c6sc7ccccc7c6c54)nc4ccccc34)cccc2c1. The third-order valence-corrected chi connectivity index (χ3v) is 10.2. The lowest BCUT2D eigenvalue weighted by Crippen LogP contribution is -2.04. The average Bonchev–Trinajstić information content (AvgIpc) is 3.64. The molecule has 10 aromatic rings. The van der Waals surface area contributed by atoms with Crippen molar-refractivity contribution in [3.8, 4) is 17.2 Å². The Morgan fingerprint density at radius 3 is 2.02 bits per heavy atom. The molecule has 0 aliphatic heterocycles. The van der Waals surface area contributed by atoms with E-state index < -0.39 is 0 Å². The summed E-state index contributed by atoms with van der Waals surface area (Å²) in [5.41, 5.74) is 5.26. The highest BCUT2D eigenvalue weighted by Gasteiger charge is 2.23. The van der Waals surface area contributed by atoms with Gasteiger partial charge in [0, 0.05) is 47.3 Å². The Balaban J connectivity index is 1.44. The van der Waals surface area contributed by atoms with E-state index in [1.807, 2.05) is 11.3 Å². The summed E-state index contributed by atoms with van der Waals surface area (Å²) in [7, 11) is 0. The molecule has 0 atom stereocenters. The minimum absolute atomic E-state index is 0.685. The van der Waals surface area contributed by atoms with Gasteiger partial charge in [-0.1, -0.05) is 121 Å². The first kappa shape index (κ1) is 23.9. The lowest BCUT2D eigenvalue weighted by molar-refractivity contribution is 1.02. The van der Waals surface area contributed by atoms with Crippen LogP contribution in [0.15, 0.2) is 140 Å². The number of aromatic nitrogens is 3. The van der Waals surface area contributed by atoms with E-state index >= 15 is 0 Å². The zero-order chi connectivity index (χ0) is 28.8. The van der Waals surface area contributed by atoms with E-state index in [1.165, 1.54) is 52.5 Å². The Kier molecular flexibility index (Phi) is 4.87. The second-order valence-corrected chi connectivity index (χ2v) is 12.4. The summed E-state index contributed by atoms with van der Waals surface area (Å²) in [4.78, 5) is 10.8. The lowest BCUT2D eigenvalue weighted by Gasteiger charge is -2.14. The Morgan fingerprint density at radius 2 is 1.14 bits per heavy atom.